The van der Waals surface area contributed by atoms with Crippen molar-refractivity contribution in [3.8, 4) is 0 Å². The number of aromatic nitrogens is 1. The van der Waals surface area contributed by atoms with Crippen LogP contribution < -0.4 is 5.32 Å². The first-order chi connectivity index (χ1) is 11.6. The number of rotatable bonds is 4. The Labute approximate surface area is 151 Å². The number of carbonyl (C=O) groups excluding carboxylic acids is 1. The molecule has 1 fully saturated rings. The van der Waals surface area contributed by atoms with Crippen LogP contribution in [-0.2, 0) is 11.2 Å². The second-order valence-corrected chi connectivity index (χ2v) is 8.15. The van der Waals surface area contributed by atoms with Crippen LogP contribution >= 0.6 is 15.9 Å². The van der Waals surface area contributed by atoms with Crippen LogP contribution in [0.1, 0.15) is 42.5 Å². The average Bonchev–Trinajstić information content (AvgIpc) is 2.85. The Hall–Kier alpha value is -1.33. The summed E-state index contributed by atoms with van der Waals surface area (Å²) in [5, 5.41) is 4.46. The number of carbonyl (C=O) groups is 1. The van der Waals surface area contributed by atoms with Gasteiger partial charge in [0.05, 0.1) is 0 Å². The van der Waals surface area contributed by atoms with Crippen LogP contribution in [0.2, 0.25) is 0 Å². The molecular weight excluding hydrogens is 366 g/mol. The van der Waals surface area contributed by atoms with Gasteiger partial charge in [-0.1, -0.05) is 22.9 Å². The summed E-state index contributed by atoms with van der Waals surface area (Å²) < 4.78 is 1.13. The van der Waals surface area contributed by atoms with Crippen LogP contribution in [-0.4, -0.2) is 41.5 Å². The van der Waals surface area contributed by atoms with E-state index in [9.17, 15) is 4.79 Å². The zero-order valence-electron chi connectivity index (χ0n) is 14.2. The van der Waals surface area contributed by atoms with E-state index in [1.54, 1.807) is 0 Å². The second-order valence-electron chi connectivity index (χ2n) is 7.24. The third-order valence-electron chi connectivity index (χ3n) is 5.76. The summed E-state index contributed by atoms with van der Waals surface area (Å²) in [5.74, 6) is 0.477. The molecule has 2 heterocycles. The molecule has 2 aliphatic rings. The molecule has 128 valence electrons. The highest BCUT2D eigenvalue weighted by atomic mass is 79.9. The summed E-state index contributed by atoms with van der Waals surface area (Å²) in [7, 11) is 0. The number of aryl methyl sites for hydroxylation is 1. The lowest BCUT2D eigenvalue weighted by Gasteiger charge is -2.47. The molecule has 1 aliphatic carbocycles. The monoisotopic (exact) mass is 389 g/mol. The van der Waals surface area contributed by atoms with Gasteiger partial charge in [0.1, 0.15) is 0 Å². The number of hydrogen-bond acceptors (Lipinski definition) is 2. The van der Waals surface area contributed by atoms with E-state index in [2.05, 4.69) is 57.1 Å². The number of likely N-dealkylation sites (tertiary alicyclic amines) is 1. The zero-order chi connectivity index (χ0) is 16.8. The summed E-state index contributed by atoms with van der Waals surface area (Å²) in [4.78, 5) is 17.2. The van der Waals surface area contributed by atoms with Crippen LogP contribution in [0.25, 0.3) is 10.9 Å². The van der Waals surface area contributed by atoms with Crippen LogP contribution in [0.15, 0.2) is 16.6 Å². The smallest absolute Gasteiger partial charge is 0.207 e. The Morgan fingerprint density at radius 2 is 2.29 bits per heavy atom. The topological polar surface area (TPSA) is 48.1 Å². The molecule has 0 radical (unpaired) electrons. The van der Waals surface area contributed by atoms with Gasteiger partial charge in [0, 0.05) is 45.6 Å². The number of fused-ring (bicyclic) bond motifs is 2. The number of H-pyrrole nitrogens is 1. The van der Waals surface area contributed by atoms with E-state index >= 15 is 0 Å². The Bertz CT molecular complexity index is 785. The number of nitrogens with zero attached hydrogens (tertiary/aromatic N) is 1. The molecule has 4 nitrogen and oxygen atoms in total. The van der Waals surface area contributed by atoms with Gasteiger partial charge in [0.2, 0.25) is 6.41 Å². The standard InChI is InChI=1S/C19H24BrN3O/c1-3-4-23-9-13(21-10-24)7-15-16-5-12(20)6-17-19(16)14(8-18(15)23)11(2)22-17/h5-6,10,13,15,18,22H,3-4,7-9H2,1-2H3,(H,21,24)/t13-,15?,18+/m0/s1. The number of aromatic amines is 1. The van der Waals surface area contributed by atoms with Gasteiger partial charge in [-0.15, -0.1) is 0 Å². The van der Waals surface area contributed by atoms with Crippen molar-refractivity contribution in [2.24, 2.45) is 0 Å². The van der Waals surface area contributed by atoms with Gasteiger partial charge in [-0.05, 0) is 56.0 Å². The third-order valence-corrected chi connectivity index (χ3v) is 6.22. The molecule has 1 aromatic carbocycles. The Morgan fingerprint density at radius 3 is 3.04 bits per heavy atom. The molecule has 1 amide bonds. The zero-order valence-corrected chi connectivity index (χ0v) is 15.8. The summed E-state index contributed by atoms with van der Waals surface area (Å²) in [5.41, 5.74) is 5.45. The maximum absolute atomic E-state index is 11.0. The van der Waals surface area contributed by atoms with E-state index in [1.165, 1.54) is 27.7 Å². The van der Waals surface area contributed by atoms with Crippen LogP contribution in [0.4, 0.5) is 0 Å². The van der Waals surface area contributed by atoms with E-state index in [4.69, 9.17) is 0 Å². The maximum Gasteiger partial charge on any atom is 0.207 e. The molecule has 0 bridgehead atoms. The Kier molecular flexibility index (Phi) is 4.17. The summed E-state index contributed by atoms with van der Waals surface area (Å²) >= 11 is 3.68. The number of piperidine rings is 1. The Balaban J connectivity index is 1.83. The van der Waals surface area contributed by atoms with E-state index in [-0.39, 0.29) is 6.04 Å². The summed E-state index contributed by atoms with van der Waals surface area (Å²) in [6, 6.07) is 5.26. The van der Waals surface area contributed by atoms with E-state index < -0.39 is 0 Å². The number of nitrogens with one attached hydrogen (secondary N) is 2. The van der Waals surface area contributed by atoms with Gasteiger partial charge in [-0.25, -0.2) is 0 Å². The molecule has 3 atom stereocenters. The van der Waals surface area contributed by atoms with Gasteiger partial charge in [0.15, 0.2) is 0 Å². The number of benzene rings is 1. The van der Waals surface area contributed by atoms with Gasteiger partial charge < -0.3 is 10.3 Å². The molecule has 4 rings (SSSR count). The normalized spacial score (nSPS) is 26.4. The van der Waals surface area contributed by atoms with E-state index in [1.807, 2.05) is 0 Å². The Morgan fingerprint density at radius 1 is 1.46 bits per heavy atom. The summed E-state index contributed by atoms with van der Waals surface area (Å²) in [6.07, 6.45) is 4.14. The van der Waals surface area contributed by atoms with Crippen molar-refractivity contribution < 1.29 is 4.79 Å². The molecule has 2 aromatic rings. The molecule has 1 aromatic heterocycles. The lowest BCUT2D eigenvalue weighted by Crippen LogP contribution is -2.55. The highest BCUT2D eigenvalue weighted by Crippen LogP contribution is 2.45. The minimum absolute atomic E-state index is 0.242. The minimum atomic E-state index is 0.242. The molecule has 0 spiro atoms. The fourth-order valence-corrected chi connectivity index (χ4v) is 5.34. The SMILES string of the molecule is CCCN1C[C@@H](NC=O)CC2c3cc(Br)cc4[nH]c(C)c(c34)C[C@H]21. The van der Waals surface area contributed by atoms with Gasteiger partial charge in [-0.2, -0.15) is 0 Å². The maximum atomic E-state index is 11.0. The highest BCUT2D eigenvalue weighted by molar-refractivity contribution is 9.10. The van der Waals surface area contributed by atoms with E-state index in [0.717, 1.165) is 43.2 Å². The number of halogens is 1. The fourth-order valence-electron chi connectivity index (χ4n) is 4.86. The molecule has 1 unspecified atom stereocenters. The van der Waals surface area contributed by atoms with Crippen molar-refractivity contribution in [2.45, 2.75) is 51.1 Å². The predicted molar refractivity (Wildman–Crippen MR) is 100 cm³/mol. The van der Waals surface area contributed by atoms with Crippen LogP contribution in [0.3, 0.4) is 0 Å². The third kappa shape index (κ3) is 2.49. The lowest BCUT2D eigenvalue weighted by molar-refractivity contribution is -0.110. The first kappa shape index (κ1) is 16.2. The predicted octanol–water partition coefficient (Wildman–Crippen LogP) is 3.48. The average molecular weight is 390 g/mol. The van der Waals surface area contributed by atoms with Crippen molar-refractivity contribution in [3.63, 3.8) is 0 Å². The van der Waals surface area contributed by atoms with Crippen molar-refractivity contribution in [2.75, 3.05) is 13.1 Å². The lowest BCUT2D eigenvalue weighted by atomic mass is 9.73. The van der Waals surface area contributed by atoms with Crippen molar-refractivity contribution in [1.82, 2.24) is 15.2 Å². The molecule has 0 saturated carbocycles. The molecule has 2 N–H and O–H groups in total. The first-order valence-corrected chi connectivity index (χ1v) is 9.66. The summed E-state index contributed by atoms with van der Waals surface area (Å²) in [6.45, 7) is 6.48. The molecule has 1 aliphatic heterocycles. The van der Waals surface area contributed by atoms with Gasteiger partial charge >= 0.3 is 0 Å². The van der Waals surface area contributed by atoms with Crippen molar-refractivity contribution >= 4 is 33.2 Å². The number of amides is 1. The molecule has 5 heteroatoms. The number of hydrogen-bond donors (Lipinski definition) is 2. The van der Waals surface area contributed by atoms with Crippen LogP contribution in [0.5, 0.6) is 0 Å². The van der Waals surface area contributed by atoms with Crippen LogP contribution in [0, 0.1) is 6.92 Å². The van der Waals surface area contributed by atoms with Crippen molar-refractivity contribution in [1.29, 1.82) is 0 Å². The highest BCUT2D eigenvalue weighted by Gasteiger charge is 2.41. The molecule has 1 saturated heterocycles. The molecule has 24 heavy (non-hydrogen) atoms. The second kappa shape index (κ2) is 6.19. The minimum Gasteiger partial charge on any atom is -0.358 e. The van der Waals surface area contributed by atoms with Gasteiger partial charge in [-0.3, -0.25) is 9.69 Å². The largest absolute Gasteiger partial charge is 0.358 e. The van der Waals surface area contributed by atoms with Gasteiger partial charge in [0.25, 0.3) is 0 Å². The fraction of sp³-hybridized carbons (Fsp3) is 0.526. The quantitative estimate of drug-likeness (QED) is 0.786. The van der Waals surface area contributed by atoms with E-state index in [0.29, 0.717) is 12.0 Å². The first-order valence-electron chi connectivity index (χ1n) is 8.86. The molecular formula is C19H24BrN3O. The van der Waals surface area contributed by atoms with Crippen molar-refractivity contribution in [3.05, 3.63) is 33.4 Å².